The highest BCUT2D eigenvalue weighted by molar-refractivity contribution is 7.98. The van der Waals surface area contributed by atoms with Gasteiger partial charge in [0.1, 0.15) is 10.7 Å². The molecule has 0 bridgehead atoms. The first-order valence-corrected chi connectivity index (χ1v) is 12.7. The van der Waals surface area contributed by atoms with E-state index in [1.165, 1.54) is 21.2 Å². The van der Waals surface area contributed by atoms with Gasteiger partial charge in [-0.1, -0.05) is 47.6 Å². The minimum absolute atomic E-state index is 0.0926. The van der Waals surface area contributed by atoms with E-state index >= 15 is 0 Å². The lowest BCUT2D eigenvalue weighted by atomic mass is 10.2. The molecule has 1 N–H and O–H groups in total. The normalized spacial score (nSPS) is 13.1. The van der Waals surface area contributed by atoms with Crippen LogP contribution < -0.4 is 11.1 Å². The number of fused-ring (bicyclic) bond motifs is 4. The van der Waals surface area contributed by atoms with Crippen LogP contribution in [0.25, 0.3) is 26.8 Å². The number of hydrogen-bond donors (Lipinski definition) is 1. The lowest BCUT2D eigenvalue weighted by molar-refractivity contribution is 0.818. The lowest BCUT2D eigenvalue weighted by Crippen LogP contribution is -2.22. The molecule has 0 radical (unpaired) electrons. The zero-order valence-electron chi connectivity index (χ0n) is 17.3. The molecule has 6 nitrogen and oxygen atoms in total. The van der Waals surface area contributed by atoms with Gasteiger partial charge in [-0.2, -0.15) is 0 Å². The summed E-state index contributed by atoms with van der Waals surface area (Å²) in [4.78, 5) is 40.7. The first kappa shape index (κ1) is 20.7. The average molecular weight is 493 g/mol. The van der Waals surface area contributed by atoms with Gasteiger partial charge < -0.3 is 4.98 Å². The van der Waals surface area contributed by atoms with E-state index in [1.54, 1.807) is 29.5 Å². The van der Waals surface area contributed by atoms with Gasteiger partial charge in [0.05, 0.1) is 32.8 Å². The molecule has 2 aromatic carbocycles. The smallest absolute Gasteiger partial charge is 0.266 e. The number of aromatic nitrogens is 4. The van der Waals surface area contributed by atoms with Crippen LogP contribution in [0.3, 0.4) is 0 Å². The van der Waals surface area contributed by atoms with E-state index in [4.69, 9.17) is 21.6 Å². The van der Waals surface area contributed by atoms with Crippen molar-refractivity contribution in [2.45, 2.75) is 30.2 Å². The molecule has 6 rings (SSSR count). The molecule has 164 valence electrons. The van der Waals surface area contributed by atoms with Gasteiger partial charge in [0.15, 0.2) is 5.16 Å². The maximum absolute atomic E-state index is 13.4. The molecule has 0 fully saturated rings. The SMILES string of the molecule is O=c1[nH]c(CSc2nc3ccccc3c(=O)n2-c2ccccc2Cl)nc2sc3c(c12)CCC3. The van der Waals surface area contributed by atoms with Crippen molar-refractivity contribution in [1.29, 1.82) is 0 Å². The van der Waals surface area contributed by atoms with E-state index in [-0.39, 0.29) is 11.1 Å². The van der Waals surface area contributed by atoms with Crippen molar-refractivity contribution in [2.75, 3.05) is 0 Å². The quantitative estimate of drug-likeness (QED) is 0.278. The van der Waals surface area contributed by atoms with Gasteiger partial charge in [-0.25, -0.2) is 9.97 Å². The fourth-order valence-corrected chi connectivity index (χ4v) is 6.68. The van der Waals surface area contributed by atoms with Crippen molar-refractivity contribution in [3.05, 3.63) is 90.5 Å². The Morgan fingerprint density at radius 3 is 2.76 bits per heavy atom. The van der Waals surface area contributed by atoms with Gasteiger partial charge in [-0.05, 0) is 49.1 Å². The van der Waals surface area contributed by atoms with E-state index in [9.17, 15) is 9.59 Å². The summed E-state index contributed by atoms with van der Waals surface area (Å²) in [5.41, 5.74) is 2.05. The van der Waals surface area contributed by atoms with Crippen LogP contribution in [0.1, 0.15) is 22.7 Å². The molecule has 9 heteroatoms. The summed E-state index contributed by atoms with van der Waals surface area (Å²) in [5, 5.41) is 2.20. The average Bonchev–Trinajstić information content (AvgIpc) is 3.40. The third kappa shape index (κ3) is 3.49. The Kier molecular flexibility index (Phi) is 5.09. The van der Waals surface area contributed by atoms with Crippen LogP contribution in [-0.2, 0) is 18.6 Å². The van der Waals surface area contributed by atoms with Gasteiger partial charge in [-0.3, -0.25) is 14.2 Å². The number of H-pyrrole nitrogens is 1. The number of aryl methyl sites for hydroxylation is 2. The molecule has 33 heavy (non-hydrogen) atoms. The van der Waals surface area contributed by atoms with Gasteiger partial charge >= 0.3 is 0 Å². The van der Waals surface area contributed by atoms with Crippen LogP contribution in [-0.4, -0.2) is 19.5 Å². The maximum atomic E-state index is 13.4. The van der Waals surface area contributed by atoms with E-state index < -0.39 is 0 Å². The number of hydrogen-bond acceptors (Lipinski definition) is 6. The van der Waals surface area contributed by atoms with Crippen LogP contribution in [0.15, 0.2) is 63.3 Å². The summed E-state index contributed by atoms with van der Waals surface area (Å²) in [6.07, 6.45) is 3.06. The van der Waals surface area contributed by atoms with Crippen LogP contribution in [0.4, 0.5) is 0 Å². The monoisotopic (exact) mass is 492 g/mol. The summed E-state index contributed by atoms with van der Waals surface area (Å²) < 4.78 is 1.53. The number of halogens is 1. The number of thioether (sulfide) groups is 1. The second-order valence-electron chi connectivity index (χ2n) is 7.84. The van der Waals surface area contributed by atoms with Crippen LogP contribution in [0.2, 0.25) is 5.02 Å². The van der Waals surface area contributed by atoms with E-state index in [2.05, 4.69) is 4.98 Å². The second-order valence-corrected chi connectivity index (χ2v) is 10.3. The number of aromatic amines is 1. The number of thiophene rings is 1. The van der Waals surface area contributed by atoms with Crippen molar-refractivity contribution in [2.24, 2.45) is 0 Å². The third-order valence-corrected chi connectivity index (χ3v) is 8.26. The molecule has 3 aromatic heterocycles. The highest BCUT2D eigenvalue weighted by Crippen LogP contribution is 2.35. The molecular weight excluding hydrogens is 476 g/mol. The zero-order chi connectivity index (χ0) is 22.5. The Morgan fingerprint density at radius 1 is 1.06 bits per heavy atom. The van der Waals surface area contributed by atoms with Crippen molar-refractivity contribution >= 4 is 55.8 Å². The summed E-state index contributed by atoms with van der Waals surface area (Å²) in [6, 6.07) is 14.4. The van der Waals surface area contributed by atoms with Gasteiger partial charge in [-0.15, -0.1) is 11.3 Å². The first-order chi connectivity index (χ1) is 16.1. The molecule has 0 unspecified atom stereocenters. The van der Waals surface area contributed by atoms with Gasteiger partial charge in [0, 0.05) is 4.88 Å². The largest absolute Gasteiger partial charge is 0.309 e. The Hall–Kier alpha value is -2.94. The predicted octanol–water partition coefficient (Wildman–Crippen LogP) is 5.12. The Balaban J connectivity index is 1.44. The summed E-state index contributed by atoms with van der Waals surface area (Å²) >= 11 is 9.40. The number of benzene rings is 2. The van der Waals surface area contributed by atoms with Gasteiger partial charge in [0.2, 0.25) is 0 Å². The maximum Gasteiger partial charge on any atom is 0.266 e. The summed E-state index contributed by atoms with van der Waals surface area (Å²) in [5.74, 6) is 0.925. The molecule has 5 aromatic rings. The molecule has 3 heterocycles. The van der Waals surface area contributed by atoms with Crippen LogP contribution in [0.5, 0.6) is 0 Å². The summed E-state index contributed by atoms with van der Waals surface area (Å²) in [6.45, 7) is 0. The highest BCUT2D eigenvalue weighted by atomic mass is 35.5. The van der Waals surface area contributed by atoms with Crippen molar-refractivity contribution in [1.82, 2.24) is 19.5 Å². The second kappa shape index (κ2) is 8.13. The molecule has 1 aliphatic carbocycles. The zero-order valence-corrected chi connectivity index (χ0v) is 19.7. The topological polar surface area (TPSA) is 80.6 Å². The van der Waals surface area contributed by atoms with E-state index in [1.807, 2.05) is 30.3 Å². The Bertz CT molecular complexity index is 1670. The molecule has 1 aliphatic rings. The van der Waals surface area contributed by atoms with E-state index in [0.29, 0.717) is 38.3 Å². The number of para-hydroxylation sites is 2. The molecule has 0 amide bonds. The highest BCUT2D eigenvalue weighted by Gasteiger charge is 2.21. The Labute approximate surface area is 201 Å². The van der Waals surface area contributed by atoms with Crippen molar-refractivity contribution in [3.63, 3.8) is 0 Å². The van der Waals surface area contributed by atoms with Crippen molar-refractivity contribution in [3.8, 4) is 5.69 Å². The van der Waals surface area contributed by atoms with Crippen molar-refractivity contribution < 1.29 is 0 Å². The predicted molar refractivity (Wildman–Crippen MR) is 134 cm³/mol. The molecule has 0 saturated heterocycles. The number of rotatable bonds is 4. The number of nitrogens with zero attached hydrogens (tertiary/aromatic N) is 3. The summed E-state index contributed by atoms with van der Waals surface area (Å²) in [7, 11) is 0. The first-order valence-electron chi connectivity index (χ1n) is 10.5. The minimum Gasteiger partial charge on any atom is -0.309 e. The molecule has 0 saturated carbocycles. The van der Waals surface area contributed by atoms with E-state index in [0.717, 1.165) is 35.0 Å². The fourth-order valence-electron chi connectivity index (χ4n) is 4.30. The van der Waals surface area contributed by atoms with Crippen LogP contribution >= 0.6 is 34.7 Å². The lowest BCUT2D eigenvalue weighted by Gasteiger charge is -2.14. The van der Waals surface area contributed by atoms with Crippen LogP contribution in [0, 0.1) is 0 Å². The van der Waals surface area contributed by atoms with Gasteiger partial charge in [0.25, 0.3) is 11.1 Å². The molecule has 0 spiro atoms. The third-order valence-electron chi connectivity index (χ3n) is 5.80. The molecule has 0 aliphatic heterocycles. The standard InChI is InChI=1S/C24H17ClN4O2S2/c25-15-8-2-4-10-17(15)29-23(31)13-6-1-3-9-16(13)26-24(29)32-12-19-27-21(30)20-14-7-5-11-18(14)33-22(20)28-19/h1-4,6,8-10H,5,7,11-12H2,(H,27,28,30). The minimum atomic E-state index is -0.192. The number of nitrogens with one attached hydrogen (secondary N) is 1. The molecular formula is C24H17ClN4O2S2. The molecule has 0 atom stereocenters. The fraction of sp³-hybridized carbons (Fsp3) is 0.167. The Morgan fingerprint density at radius 2 is 1.88 bits per heavy atom.